The molecular weight excluding hydrogens is 532 g/mol. The lowest BCUT2D eigenvalue weighted by Crippen LogP contribution is -2.42. The van der Waals surface area contributed by atoms with E-state index in [1.807, 2.05) is 48.5 Å². The topological polar surface area (TPSA) is 140 Å². The molecule has 0 saturated carbocycles. The van der Waals surface area contributed by atoms with Gasteiger partial charge < -0.3 is 30.0 Å². The van der Waals surface area contributed by atoms with E-state index in [1.54, 1.807) is 12.1 Å². The lowest BCUT2D eigenvalue weighted by Gasteiger charge is -2.16. The first-order valence-corrected chi connectivity index (χ1v) is 14.4. The highest BCUT2D eigenvalue weighted by Crippen LogP contribution is 2.24. The quantitative estimate of drug-likeness (QED) is 0.116. The molecule has 206 valence electrons. The zero-order valence-electron chi connectivity index (χ0n) is 21.0. The first kappa shape index (κ1) is 30.8. The molecule has 0 aromatic heterocycles. The second-order valence-corrected chi connectivity index (χ2v) is 10.7. The largest absolute Gasteiger partial charge is 0.480 e. The number of carboxylic acids is 1. The lowest BCUT2D eigenvalue weighted by atomic mass is 10.2. The summed E-state index contributed by atoms with van der Waals surface area (Å²) >= 11 is 0. The molecule has 12 heteroatoms. The molecule has 0 fully saturated rings. The van der Waals surface area contributed by atoms with E-state index in [4.69, 9.17) is 14.2 Å². The molecule has 0 aliphatic rings. The first-order chi connectivity index (χ1) is 18.4. The molecule has 0 saturated heterocycles. The van der Waals surface area contributed by atoms with Crippen molar-refractivity contribution in [3.63, 3.8) is 0 Å². The van der Waals surface area contributed by atoms with E-state index in [-0.39, 0.29) is 19.6 Å². The lowest BCUT2D eigenvalue weighted by molar-refractivity contribution is -0.143. The van der Waals surface area contributed by atoms with Gasteiger partial charge in [0.05, 0.1) is 7.11 Å². The molecule has 2 aromatic rings. The number of carbonyl (C=O) groups excluding carboxylic acids is 3. The van der Waals surface area contributed by atoms with Gasteiger partial charge in [0.1, 0.15) is 25.3 Å². The molecule has 2 unspecified atom stereocenters. The summed E-state index contributed by atoms with van der Waals surface area (Å²) in [6.07, 6.45) is -0.387. The standard InChI is InChI=1S/C26H32N2O8S2/c1-34-24(31)22(28-26(33)36-18-20-11-6-3-7-12-20)14-16-38-37-15-8-13-21(23(29)30)27-25(32)35-17-19-9-4-2-5-10-19/h2-7,9-12,21-22H,8,13-18H2,1H3,(H,27,32)(H,28,33)(H,29,30). The van der Waals surface area contributed by atoms with Gasteiger partial charge in [0.2, 0.25) is 0 Å². The van der Waals surface area contributed by atoms with E-state index in [0.29, 0.717) is 24.3 Å². The van der Waals surface area contributed by atoms with Crippen LogP contribution in [-0.2, 0) is 37.0 Å². The van der Waals surface area contributed by atoms with E-state index < -0.39 is 36.2 Å². The van der Waals surface area contributed by atoms with Crippen LogP contribution >= 0.6 is 21.6 Å². The number of carbonyl (C=O) groups is 4. The molecule has 2 amide bonds. The number of benzene rings is 2. The average Bonchev–Trinajstić information content (AvgIpc) is 2.93. The Morgan fingerprint density at radius 2 is 1.26 bits per heavy atom. The summed E-state index contributed by atoms with van der Waals surface area (Å²) in [6, 6.07) is 16.4. The first-order valence-electron chi connectivity index (χ1n) is 11.9. The number of aliphatic carboxylic acids is 1. The molecule has 0 bridgehead atoms. The highest BCUT2D eigenvalue weighted by Gasteiger charge is 2.22. The van der Waals surface area contributed by atoms with Crippen molar-refractivity contribution in [3.05, 3.63) is 71.8 Å². The molecule has 2 rings (SSSR count). The van der Waals surface area contributed by atoms with Gasteiger partial charge in [-0.3, -0.25) is 0 Å². The number of methoxy groups -OCH3 is 1. The molecule has 10 nitrogen and oxygen atoms in total. The number of hydrogen-bond acceptors (Lipinski definition) is 9. The molecular formula is C26H32N2O8S2. The van der Waals surface area contributed by atoms with Crippen LogP contribution in [0.15, 0.2) is 60.7 Å². The van der Waals surface area contributed by atoms with Crippen molar-refractivity contribution in [1.29, 1.82) is 0 Å². The predicted octanol–water partition coefficient (Wildman–Crippen LogP) is 4.39. The summed E-state index contributed by atoms with van der Waals surface area (Å²) in [5.41, 5.74) is 1.63. The van der Waals surface area contributed by atoms with Gasteiger partial charge in [-0.1, -0.05) is 82.3 Å². The maximum Gasteiger partial charge on any atom is 0.408 e. The fourth-order valence-electron chi connectivity index (χ4n) is 3.09. The van der Waals surface area contributed by atoms with Gasteiger partial charge in [0, 0.05) is 11.5 Å². The number of hydrogen-bond donors (Lipinski definition) is 3. The Bertz CT molecular complexity index is 1010. The van der Waals surface area contributed by atoms with Crippen LogP contribution in [0.3, 0.4) is 0 Å². The zero-order chi connectivity index (χ0) is 27.6. The van der Waals surface area contributed by atoms with Crippen LogP contribution < -0.4 is 10.6 Å². The Balaban J connectivity index is 1.62. The smallest absolute Gasteiger partial charge is 0.408 e. The molecule has 2 aromatic carbocycles. The van der Waals surface area contributed by atoms with Crippen molar-refractivity contribution in [1.82, 2.24) is 10.6 Å². The van der Waals surface area contributed by atoms with Gasteiger partial charge in [0.15, 0.2) is 0 Å². The molecule has 3 N–H and O–H groups in total. The van der Waals surface area contributed by atoms with E-state index in [2.05, 4.69) is 10.6 Å². The SMILES string of the molecule is COC(=O)C(CCSSCCCC(NC(=O)OCc1ccccc1)C(=O)O)NC(=O)OCc1ccccc1. The van der Waals surface area contributed by atoms with Crippen molar-refractivity contribution < 1.29 is 38.5 Å². The van der Waals surface area contributed by atoms with E-state index in [9.17, 15) is 24.3 Å². The second kappa shape index (κ2) is 18.0. The van der Waals surface area contributed by atoms with Gasteiger partial charge in [-0.15, -0.1) is 0 Å². The summed E-state index contributed by atoms with van der Waals surface area (Å²) in [4.78, 5) is 47.6. The molecule has 0 radical (unpaired) electrons. The Labute approximate surface area is 229 Å². The van der Waals surface area contributed by atoms with Crippen molar-refractivity contribution in [2.75, 3.05) is 18.6 Å². The minimum atomic E-state index is -1.13. The summed E-state index contributed by atoms with van der Waals surface area (Å²) in [5, 5.41) is 14.3. The van der Waals surface area contributed by atoms with Gasteiger partial charge in [-0.2, -0.15) is 0 Å². The third kappa shape index (κ3) is 12.7. The minimum absolute atomic E-state index is 0.0533. The van der Waals surface area contributed by atoms with Crippen LogP contribution in [0.1, 0.15) is 30.4 Å². The molecule has 0 aliphatic carbocycles. The van der Waals surface area contributed by atoms with Crippen LogP contribution in [0.5, 0.6) is 0 Å². The van der Waals surface area contributed by atoms with Crippen LogP contribution in [-0.4, -0.2) is 59.9 Å². The maximum absolute atomic E-state index is 12.1. The fourth-order valence-corrected chi connectivity index (χ4v) is 5.29. The Kier molecular flexibility index (Phi) is 14.6. The number of nitrogens with one attached hydrogen (secondary N) is 2. The zero-order valence-corrected chi connectivity index (χ0v) is 22.6. The Hall–Kier alpha value is -3.38. The fraction of sp³-hybridized carbons (Fsp3) is 0.385. The Morgan fingerprint density at radius 1 is 0.763 bits per heavy atom. The van der Waals surface area contributed by atoms with Gasteiger partial charge in [-0.05, 0) is 30.4 Å². The van der Waals surface area contributed by atoms with Crippen LogP contribution in [0.2, 0.25) is 0 Å². The summed E-state index contributed by atoms with van der Waals surface area (Å²) < 4.78 is 15.0. The molecule has 2 atom stereocenters. The summed E-state index contributed by atoms with van der Waals surface area (Å²) in [7, 11) is 4.24. The van der Waals surface area contributed by atoms with Crippen LogP contribution in [0, 0.1) is 0 Å². The highest BCUT2D eigenvalue weighted by molar-refractivity contribution is 8.76. The normalized spacial score (nSPS) is 12.0. The summed E-state index contributed by atoms with van der Waals surface area (Å²) in [5.74, 6) is -0.535. The number of esters is 1. The number of carboxylic acid groups (broad SMARTS) is 1. The second-order valence-electron chi connectivity index (χ2n) is 7.95. The number of alkyl carbamates (subject to hydrolysis) is 2. The van der Waals surface area contributed by atoms with Crippen LogP contribution in [0.25, 0.3) is 0 Å². The highest BCUT2D eigenvalue weighted by atomic mass is 33.1. The van der Waals surface area contributed by atoms with Gasteiger partial charge in [-0.25, -0.2) is 19.2 Å². The number of amides is 2. The third-order valence-electron chi connectivity index (χ3n) is 5.09. The molecule has 0 spiro atoms. The van der Waals surface area contributed by atoms with Crippen molar-refractivity contribution in [3.8, 4) is 0 Å². The monoisotopic (exact) mass is 564 g/mol. The molecule has 0 heterocycles. The van der Waals surface area contributed by atoms with Crippen molar-refractivity contribution in [2.24, 2.45) is 0 Å². The summed E-state index contributed by atoms with van der Waals surface area (Å²) in [6.45, 7) is 0.139. The average molecular weight is 565 g/mol. The Morgan fingerprint density at radius 3 is 1.76 bits per heavy atom. The number of rotatable bonds is 16. The van der Waals surface area contributed by atoms with Gasteiger partial charge in [0.25, 0.3) is 0 Å². The van der Waals surface area contributed by atoms with E-state index in [1.165, 1.54) is 28.7 Å². The van der Waals surface area contributed by atoms with E-state index >= 15 is 0 Å². The van der Waals surface area contributed by atoms with Crippen molar-refractivity contribution >= 4 is 45.7 Å². The number of ether oxygens (including phenoxy) is 3. The van der Waals surface area contributed by atoms with Crippen LogP contribution in [0.4, 0.5) is 9.59 Å². The van der Waals surface area contributed by atoms with E-state index in [0.717, 1.165) is 11.1 Å². The van der Waals surface area contributed by atoms with Crippen molar-refractivity contribution in [2.45, 2.75) is 44.6 Å². The third-order valence-corrected chi connectivity index (χ3v) is 7.61. The molecule has 38 heavy (non-hydrogen) atoms. The minimum Gasteiger partial charge on any atom is -0.480 e. The van der Waals surface area contributed by atoms with Gasteiger partial charge >= 0.3 is 24.1 Å². The predicted molar refractivity (Wildman–Crippen MR) is 146 cm³/mol. The molecule has 0 aliphatic heterocycles. The maximum atomic E-state index is 12.1.